The zero-order valence-corrected chi connectivity index (χ0v) is 15.9. The zero-order chi connectivity index (χ0) is 18.6. The van der Waals surface area contributed by atoms with E-state index < -0.39 is 0 Å². The molecule has 0 atom stereocenters. The molecule has 0 radical (unpaired) electrons. The van der Waals surface area contributed by atoms with E-state index in [0.717, 1.165) is 64.6 Å². The molecule has 0 aliphatic carbocycles. The van der Waals surface area contributed by atoms with Gasteiger partial charge in [0.25, 0.3) is 0 Å². The summed E-state index contributed by atoms with van der Waals surface area (Å²) in [5, 5.41) is 4.12. The van der Waals surface area contributed by atoms with Crippen molar-refractivity contribution in [1.29, 1.82) is 0 Å². The molecule has 144 valence electrons. The summed E-state index contributed by atoms with van der Waals surface area (Å²) in [6, 6.07) is 8.82. The Bertz CT molecular complexity index is 759. The SMILES string of the molecule is Cc1cnn(C(=O)N2CCN(Cc3ccc(N4CCOCC4)cc3)CC2)c1. The molecule has 7 nitrogen and oxygen atoms in total. The molecule has 2 saturated heterocycles. The van der Waals surface area contributed by atoms with Crippen LogP contribution < -0.4 is 4.90 Å². The van der Waals surface area contributed by atoms with Gasteiger partial charge in [-0.15, -0.1) is 0 Å². The predicted octanol–water partition coefficient (Wildman–Crippen LogP) is 1.81. The van der Waals surface area contributed by atoms with Crippen LogP contribution in [0.25, 0.3) is 0 Å². The van der Waals surface area contributed by atoms with E-state index in [0.29, 0.717) is 0 Å². The quantitative estimate of drug-likeness (QED) is 0.826. The van der Waals surface area contributed by atoms with Gasteiger partial charge < -0.3 is 14.5 Å². The summed E-state index contributed by atoms with van der Waals surface area (Å²) in [6.45, 7) is 9.66. The average Bonchev–Trinajstić information content (AvgIpc) is 3.16. The molecule has 7 heteroatoms. The molecular weight excluding hydrogens is 342 g/mol. The minimum absolute atomic E-state index is 0.0300. The Hall–Kier alpha value is -2.38. The van der Waals surface area contributed by atoms with E-state index in [-0.39, 0.29) is 6.03 Å². The van der Waals surface area contributed by atoms with Gasteiger partial charge in [-0.25, -0.2) is 4.79 Å². The first kappa shape index (κ1) is 18.0. The Morgan fingerprint density at radius 2 is 1.74 bits per heavy atom. The van der Waals surface area contributed by atoms with Gasteiger partial charge >= 0.3 is 6.03 Å². The van der Waals surface area contributed by atoms with Crippen LogP contribution in [0.1, 0.15) is 11.1 Å². The minimum Gasteiger partial charge on any atom is -0.378 e. The van der Waals surface area contributed by atoms with Gasteiger partial charge in [-0.3, -0.25) is 4.90 Å². The highest BCUT2D eigenvalue weighted by Crippen LogP contribution is 2.18. The van der Waals surface area contributed by atoms with Crippen molar-refractivity contribution in [2.24, 2.45) is 0 Å². The van der Waals surface area contributed by atoms with Gasteiger partial charge in [-0.2, -0.15) is 9.78 Å². The number of morpholine rings is 1. The van der Waals surface area contributed by atoms with Crippen LogP contribution in [0.5, 0.6) is 0 Å². The smallest absolute Gasteiger partial charge is 0.344 e. The Labute approximate surface area is 160 Å². The molecule has 2 aliphatic heterocycles. The van der Waals surface area contributed by atoms with Gasteiger partial charge in [-0.05, 0) is 30.2 Å². The molecule has 0 spiro atoms. The Balaban J connectivity index is 1.28. The molecule has 0 unspecified atom stereocenters. The normalized spacial score (nSPS) is 18.7. The molecule has 2 aromatic rings. The number of amides is 1. The third-order valence-electron chi connectivity index (χ3n) is 5.27. The highest BCUT2D eigenvalue weighted by Gasteiger charge is 2.22. The molecular formula is C20H27N5O2. The molecule has 3 heterocycles. The summed E-state index contributed by atoms with van der Waals surface area (Å²) in [5.41, 5.74) is 3.59. The lowest BCUT2D eigenvalue weighted by atomic mass is 10.1. The van der Waals surface area contributed by atoms with Crippen LogP contribution in [0.3, 0.4) is 0 Å². The van der Waals surface area contributed by atoms with Crippen molar-refractivity contribution in [2.75, 3.05) is 57.4 Å². The Morgan fingerprint density at radius 3 is 2.37 bits per heavy atom. The van der Waals surface area contributed by atoms with Gasteiger partial charge in [0.15, 0.2) is 0 Å². The maximum Gasteiger partial charge on any atom is 0.344 e. The van der Waals surface area contributed by atoms with E-state index in [4.69, 9.17) is 4.74 Å². The molecule has 2 aliphatic rings. The number of rotatable bonds is 3. The van der Waals surface area contributed by atoms with Crippen molar-refractivity contribution in [2.45, 2.75) is 13.5 Å². The predicted molar refractivity (Wildman–Crippen MR) is 104 cm³/mol. The number of aryl methyl sites for hydroxylation is 1. The fourth-order valence-corrected chi connectivity index (χ4v) is 3.65. The van der Waals surface area contributed by atoms with Gasteiger partial charge in [-0.1, -0.05) is 12.1 Å². The molecule has 1 aromatic heterocycles. The summed E-state index contributed by atoms with van der Waals surface area (Å²) in [4.78, 5) is 19.1. The number of aromatic nitrogens is 2. The lowest BCUT2D eigenvalue weighted by molar-refractivity contribution is 0.122. The van der Waals surface area contributed by atoms with E-state index >= 15 is 0 Å². The van der Waals surface area contributed by atoms with Gasteiger partial charge in [0.2, 0.25) is 0 Å². The molecule has 0 saturated carbocycles. The van der Waals surface area contributed by atoms with Crippen molar-refractivity contribution in [3.63, 3.8) is 0 Å². The van der Waals surface area contributed by atoms with Crippen LogP contribution in [-0.2, 0) is 11.3 Å². The number of carbonyl (C=O) groups excluding carboxylic acids is 1. The first-order chi connectivity index (χ1) is 13.2. The topological polar surface area (TPSA) is 53.8 Å². The largest absolute Gasteiger partial charge is 0.378 e. The molecule has 27 heavy (non-hydrogen) atoms. The van der Waals surface area contributed by atoms with E-state index in [9.17, 15) is 4.79 Å². The van der Waals surface area contributed by atoms with Crippen LogP contribution in [0, 0.1) is 6.92 Å². The highest BCUT2D eigenvalue weighted by atomic mass is 16.5. The van der Waals surface area contributed by atoms with Crippen LogP contribution in [-0.4, -0.2) is 78.1 Å². The number of carbonyl (C=O) groups is 1. The summed E-state index contributed by atoms with van der Waals surface area (Å²) in [5.74, 6) is 0. The third-order valence-corrected chi connectivity index (χ3v) is 5.27. The molecule has 4 rings (SSSR count). The van der Waals surface area contributed by atoms with E-state index in [1.165, 1.54) is 15.9 Å². The van der Waals surface area contributed by atoms with Crippen LogP contribution in [0.4, 0.5) is 10.5 Å². The van der Waals surface area contributed by atoms with Crippen molar-refractivity contribution >= 4 is 11.7 Å². The second-order valence-corrected chi connectivity index (χ2v) is 7.27. The van der Waals surface area contributed by atoms with Crippen molar-refractivity contribution in [1.82, 2.24) is 19.6 Å². The summed E-state index contributed by atoms with van der Waals surface area (Å²) < 4.78 is 6.86. The first-order valence-electron chi connectivity index (χ1n) is 9.63. The standard InChI is InChI=1S/C20H27N5O2/c1-17-14-21-25(15-17)20(26)24-8-6-22(7-9-24)16-18-2-4-19(5-3-18)23-10-12-27-13-11-23/h2-5,14-15H,6-13,16H2,1H3. The fourth-order valence-electron chi connectivity index (χ4n) is 3.65. The molecule has 1 aromatic carbocycles. The third kappa shape index (κ3) is 4.31. The maximum atomic E-state index is 12.5. The number of piperazine rings is 1. The molecule has 2 fully saturated rings. The Morgan fingerprint density at radius 1 is 1.04 bits per heavy atom. The maximum absolute atomic E-state index is 12.5. The fraction of sp³-hybridized carbons (Fsp3) is 0.500. The number of hydrogen-bond donors (Lipinski definition) is 0. The lowest BCUT2D eigenvalue weighted by Crippen LogP contribution is -2.49. The average molecular weight is 369 g/mol. The second kappa shape index (κ2) is 8.10. The van der Waals surface area contributed by atoms with Gasteiger partial charge in [0.05, 0.1) is 19.4 Å². The summed E-state index contributed by atoms with van der Waals surface area (Å²) >= 11 is 0. The van der Waals surface area contributed by atoms with Gasteiger partial charge in [0, 0.05) is 57.7 Å². The van der Waals surface area contributed by atoms with Crippen molar-refractivity contribution < 1.29 is 9.53 Å². The molecule has 1 amide bonds. The van der Waals surface area contributed by atoms with Crippen LogP contribution in [0.15, 0.2) is 36.7 Å². The minimum atomic E-state index is -0.0300. The number of hydrogen-bond acceptors (Lipinski definition) is 5. The molecule has 0 N–H and O–H groups in total. The number of anilines is 1. The highest BCUT2D eigenvalue weighted by molar-refractivity contribution is 5.76. The van der Waals surface area contributed by atoms with E-state index in [2.05, 4.69) is 39.2 Å². The number of benzene rings is 1. The summed E-state index contributed by atoms with van der Waals surface area (Å²) in [7, 11) is 0. The first-order valence-corrected chi connectivity index (χ1v) is 9.63. The van der Waals surface area contributed by atoms with E-state index in [1.54, 1.807) is 12.4 Å². The van der Waals surface area contributed by atoms with Crippen LogP contribution >= 0.6 is 0 Å². The van der Waals surface area contributed by atoms with Crippen molar-refractivity contribution in [3.8, 4) is 0 Å². The van der Waals surface area contributed by atoms with Crippen LogP contribution in [0.2, 0.25) is 0 Å². The second-order valence-electron chi connectivity index (χ2n) is 7.27. The monoisotopic (exact) mass is 369 g/mol. The summed E-state index contributed by atoms with van der Waals surface area (Å²) in [6.07, 6.45) is 3.50. The van der Waals surface area contributed by atoms with Gasteiger partial charge in [0.1, 0.15) is 0 Å². The lowest BCUT2D eigenvalue weighted by Gasteiger charge is -2.34. The number of nitrogens with zero attached hydrogens (tertiary/aromatic N) is 5. The molecule has 0 bridgehead atoms. The Kier molecular flexibility index (Phi) is 5.40. The zero-order valence-electron chi connectivity index (χ0n) is 15.9. The van der Waals surface area contributed by atoms with Crippen molar-refractivity contribution in [3.05, 3.63) is 47.8 Å². The van der Waals surface area contributed by atoms with E-state index in [1.807, 2.05) is 11.8 Å². The number of ether oxygens (including phenoxy) is 1.